The van der Waals surface area contributed by atoms with Crippen LogP contribution in [0.15, 0.2) is 41.4 Å². The molecule has 3 nitrogen and oxygen atoms in total. The van der Waals surface area contributed by atoms with E-state index in [9.17, 15) is 22.4 Å². The van der Waals surface area contributed by atoms with Gasteiger partial charge >= 0.3 is 0 Å². The molecule has 114 valence electrons. The summed E-state index contributed by atoms with van der Waals surface area (Å²) >= 11 is 0. The van der Waals surface area contributed by atoms with Gasteiger partial charge in [0.15, 0.2) is 17.4 Å². The van der Waals surface area contributed by atoms with Gasteiger partial charge in [-0.2, -0.15) is 0 Å². The second-order valence-electron chi connectivity index (χ2n) is 4.43. The molecule has 0 saturated heterocycles. The lowest BCUT2D eigenvalue weighted by atomic mass is 10.1. The number of carbonyl (C=O) groups excluding carboxylic acids is 1. The topological polar surface area (TPSA) is 55.5 Å². The fraction of sp³-hybridized carbons (Fsp3) is 0.0667. The predicted molar refractivity (Wildman–Crippen MR) is 72.9 cm³/mol. The fourth-order valence-electron chi connectivity index (χ4n) is 1.73. The van der Waals surface area contributed by atoms with Crippen LogP contribution in [0.3, 0.4) is 0 Å². The third-order valence-corrected chi connectivity index (χ3v) is 2.74. The minimum atomic E-state index is -1.23. The zero-order valence-electron chi connectivity index (χ0n) is 11.1. The van der Waals surface area contributed by atoms with Crippen LogP contribution in [0.2, 0.25) is 0 Å². The number of rotatable bonds is 4. The maximum absolute atomic E-state index is 13.4. The molecule has 0 amide bonds. The number of hydrogen-bond acceptors (Lipinski definition) is 2. The van der Waals surface area contributed by atoms with E-state index in [2.05, 4.69) is 4.99 Å². The number of nitrogens with two attached hydrogens (primary N) is 1. The monoisotopic (exact) mass is 310 g/mol. The van der Waals surface area contributed by atoms with Crippen LogP contribution in [0.4, 0.5) is 23.2 Å². The summed E-state index contributed by atoms with van der Waals surface area (Å²) in [4.78, 5) is 15.3. The van der Waals surface area contributed by atoms with Gasteiger partial charge in [-0.25, -0.2) is 22.6 Å². The Kier molecular flexibility index (Phi) is 4.55. The van der Waals surface area contributed by atoms with Crippen LogP contribution in [0.1, 0.15) is 16.8 Å². The quantitative estimate of drug-likeness (QED) is 0.407. The molecule has 0 radical (unpaired) electrons. The highest BCUT2D eigenvalue weighted by molar-refractivity contribution is 6.09. The van der Waals surface area contributed by atoms with E-state index in [1.165, 1.54) is 12.1 Å². The molecule has 0 fully saturated rings. The molecular weight excluding hydrogens is 300 g/mol. The first-order valence-electron chi connectivity index (χ1n) is 6.13. The highest BCUT2D eigenvalue weighted by Crippen LogP contribution is 2.23. The van der Waals surface area contributed by atoms with Crippen LogP contribution in [-0.2, 0) is 0 Å². The Labute approximate surface area is 123 Å². The number of ketones is 1. The first kappa shape index (κ1) is 15.7. The minimum Gasteiger partial charge on any atom is -0.387 e. The van der Waals surface area contributed by atoms with Gasteiger partial charge in [0.2, 0.25) is 0 Å². The van der Waals surface area contributed by atoms with Crippen LogP contribution in [0.5, 0.6) is 0 Å². The zero-order chi connectivity index (χ0) is 16.3. The van der Waals surface area contributed by atoms with E-state index in [0.717, 1.165) is 12.1 Å². The van der Waals surface area contributed by atoms with Gasteiger partial charge < -0.3 is 5.73 Å². The van der Waals surface area contributed by atoms with Crippen LogP contribution in [0, 0.1) is 23.3 Å². The van der Waals surface area contributed by atoms with Crippen LogP contribution >= 0.6 is 0 Å². The lowest BCUT2D eigenvalue weighted by Gasteiger charge is -2.03. The number of carbonyl (C=O) groups is 1. The summed E-state index contributed by atoms with van der Waals surface area (Å²) in [5.74, 6) is -4.89. The third kappa shape index (κ3) is 3.69. The van der Waals surface area contributed by atoms with E-state index < -0.39 is 41.2 Å². The molecule has 22 heavy (non-hydrogen) atoms. The Morgan fingerprint density at radius 3 is 2.05 bits per heavy atom. The predicted octanol–water partition coefficient (Wildman–Crippen LogP) is 3.50. The molecule has 2 N–H and O–H groups in total. The molecule has 0 bridgehead atoms. The van der Waals surface area contributed by atoms with E-state index >= 15 is 0 Å². The summed E-state index contributed by atoms with van der Waals surface area (Å²) in [6.07, 6.45) is -0.415. The van der Waals surface area contributed by atoms with Crippen molar-refractivity contribution in [2.75, 3.05) is 0 Å². The molecule has 2 rings (SSSR count). The number of aliphatic imine (C=N–C) groups is 1. The van der Waals surface area contributed by atoms with E-state index in [1.54, 1.807) is 0 Å². The summed E-state index contributed by atoms with van der Waals surface area (Å²) in [6.45, 7) is 0. The summed E-state index contributed by atoms with van der Waals surface area (Å²) in [5, 5.41) is 0. The number of hydrogen-bond donors (Lipinski definition) is 1. The molecule has 0 heterocycles. The van der Waals surface area contributed by atoms with Crippen molar-refractivity contribution in [2.24, 2.45) is 10.7 Å². The Hall–Kier alpha value is -2.70. The van der Waals surface area contributed by atoms with Crippen molar-refractivity contribution in [3.63, 3.8) is 0 Å². The summed E-state index contributed by atoms with van der Waals surface area (Å²) in [6, 6.07) is 5.61. The molecule has 0 saturated carbocycles. The summed E-state index contributed by atoms with van der Waals surface area (Å²) < 4.78 is 52.3. The lowest BCUT2D eigenvalue weighted by molar-refractivity contribution is 0.100. The number of nitrogens with zero attached hydrogens (tertiary/aromatic N) is 1. The summed E-state index contributed by atoms with van der Waals surface area (Å²) in [5.41, 5.74) is 4.89. The second-order valence-corrected chi connectivity index (χ2v) is 4.43. The van der Waals surface area contributed by atoms with Gasteiger partial charge in [0.1, 0.15) is 23.2 Å². The number of benzene rings is 2. The van der Waals surface area contributed by atoms with Gasteiger partial charge in [-0.05, 0) is 24.3 Å². The largest absolute Gasteiger partial charge is 0.387 e. The average Bonchev–Trinajstić information content (AvgIpc) is 2.43. The van der Waals surface area contributed by atoms with E-state index in [-0.39, 0.29) is 11.4 Å². The van der Waals surface area contributed by atoms with Crippen molar-refractivity contribution in [1.29, 1.82) is 0 Å². The molecule has 0 aromatic heterocycles. The number of amidine groups is 1. The standard InChI is InChI=1S/C15H10F4N2O/c16-9-3-1-8(2-4-9)13(22)7-14(20)21-15-11(18)5-10(17)6-12(15)19/h1-6H,7H2,(H2,20,21). The molecule has 7 heteroatoms. The molecule has 0 aliphatic rings. The second kappa shape index (κ2) is 6.38. The molecule has 2 aromatic rings. The summed E-state index contributed by atoms with van der Waals surface area (Å²) in [7, 11) is 0. The molecule has 0 unspecified atom stereocenters. The maximum Gasteiger partial charge on any atom is 0.170 e. The minimum absolute atomic E-state index is 0.180. The molecular formula is C15H10F4N2O. The van der Waals surface area contributed by atoms with Crippen LogP contribution in [0.25, 0.3) is 0 Å². The van der Waals surface area contributed by atoms with Crippen molar-refractivity contribution in [3.8, 4) is 0 Å². The fourth-order valence-corrected chi connectivity index (χ4v) is 1.73. The van der Waals surface area contributed by atoms with Crippen molar-refractivity contribution in [3.05, 3.63) is 65.2 Å². The lowest BCUT2D eigenvalue weighted by Crippen LogP contribution is -2.17. The average molecular weight is 310 g/mol. The normalized spacial score (nSPS) is 11.5. The highest BCUT2D eigenvalue weighted by Gasteiger charge is 2.13. The molecule has 0 spiro atoms. The smallest absolute Gasteiger partial charge is 0.170 e. The van der Waals surface area contributed by atoms with E-state index in [0.29, 0.717) is 12.1 Å². The maximum atomic E-state index is 13.4. The van der Waals surface area contributed by atoms with Crippen molar-refractivity contribution >= 4 is 17.3 Å². The van der Waals surface area contributed by atoms with Crippen molar-refractivity contribution in [1.82, 2.24) is 0 Å². The van der Waals surface area contributed by atoms with E-state index in [4.69, 9.17) is 5.73 Å². The number of halogens is 4. The van der Waals surface area contributed by atoms with Gasteiger partial charge in [-0.15, -0.1) is 0 Å². The molecule has 2 aromatic carbocycles. The first-order valence-corrected chi connectivity index (χ1v) is 6.13. The Morgan fingerprint density at radius 1 is 0.955 bits per heavy atom. The van der Waals surface area contributed by atoms with Crippen LogP contribution < -0.4 is 5.73 Å². The van der Waals surface area contributed by atoms with Gasteiger partial charge in [-0.3, -0.25) is 4.79 Å². The first-order chi connectivity index (χ1) is 10.4. The third-order valence-electron chi connectivity index (χ3n) is 2.74. The number of Topliss-reactive ketones (excluding diaryl/α,β-unsaturated/α-hetero) is 1. The van der Waals surface area contributed by atoms with Gasteiger partial charge in [0.25, 0.3) is 0 Å². The molecule has 0 atom stereocenters. The highest BCUT2D eigenvalue weighted by atomic mass is 19.1. The van der Waals surface area contributed by atoms with Crippen molar-refractivity contribution < 1.29 is 22.4 Å². The zero-order valence-corrected chi connectivity index (χ0v) is 11.1. The Balaban J connectivity index is 2.20. The van der Waals surface area contributed by atoms with Gasteiger partial charge in [0, 0.05) is 17.7 Å². The Bertz CT molecular complexity index is 719. The molecule has 0 aliphatic carbocycles. The SMILES string of the molecule is NC(CC(=O)c1ccc(F)cc1)=Nc1c(F)cc(F)cc1F. The molecule has 0 aliphatic heterocycles. The van der Waals surface area contributed by atoms with Gasteiger partial charge in [0.05, 0.1) is 6.42 Å². The van der Waals surface area contributed by atoms with Crippen LogP contribution in [-0.4, -0.2) is 11.6 Å². The Morgan fingerprint density at radius 2 is 1.50 bits per heavy atom. The van der Waals surface area contributed by atoms with E-state index in [1.807, 2.05) is 0 Å². The van der Waals surface area contributed by atoms with Gasteiger partial charge in [-0.1, -0.05) is 0 Å². The van der Waals surface area contributed by atoms with Crippen molar-refractivity contribution in [2.45, 2.75) is 6.42 Å².